The first-order chi connectivity index (χ1) is 12.1. The fourth-order valence-corrected chi connectivity index (χ4v) is 3.21. The molecule has 3 rings (SSSR count). The molecule has 0 radical (unpaired) electrons. The molecule has 0 spiro atoms. The third-order valence-corrected chi connectivity index (χ3v) is 4.90. The molecular weight excluding hydrogens is 312 g/mol. The van der Waals surface area contributed by atoms with E-state index in [1.54, 1.807) is 12.3 Å². The lowest BCUT2D eigenvalue weighted by Gasteiger charge is -2.37. The summed E-state index contributed by atoms with van der Waals surface area (Å²) in [6, 6.07) is 11.9. The van der Waals surface area contributed by atoms with Gasteiger partial charge >= 0.3 is 0 Å². The van der Waals surface area contributed by atoms with Crippen molar-refractivity contribution in [3.63, 3.8) is 0 Å². The van der Waals surface area contributed by atoms with Gasteiger partial charge in [0, 0.05) is 51.2 Å². The van der Waals surface area contributed by atoms with Gasteiger partial charge in [-0.2, -0.15) is 0 Å². The molecule has 0 bridgehead atoms. The molecular formula is C20H26N4O. The van der Waals surface area contributed by atoms with Crippen LogP contribution in [-0.2, 0) is 0 Å². The Labute approximate surface area is 149 Å². The van der Waals surface area contributed by atoms with Crippen LogP contribution in [0.15, 0.2) is 42.6 Å². The molecule has 1 amide bonds. The second kappa shape index (κ2) is 8.12. The quantitative estimate of drug-likeness (QED) is 0.908. The zero-order valence-corrected chi connectivity index (χ0v) is 15.0. The summed E-state index contributed by atoms with van der Waals surface area (Å²) in [6.07, 6.45) is 1.64. The predicted octanol–water partition coefficient (Wildman–Crippen LogP) is 2.25. The Morgan fingerprint density at radius 1 is 1.08 bits per heavy atom. The molecule has 0 unspecified atom stereocenters. The maximum Gasteiger partial charge on any atom is 0.269 e. The summed E-state index contributed by atoms with van der Waals surface area (Å²) in [5.74, 6) is -0.102. The van der Waals surface area contributed by atoms with Crippen molar-refractivity contribution in [1.82, 2.24) is 15.2 Å². The van der Waals surface area contributed by atoms with E-state index < -0.39 is 0 Å². The van der Waals surface area contributed by atoms with Crippen LogP contribution in [0.3, 0.4) is 0 Å². The highest BCUT2D eigenvalue weighted by atomic mass is 16.1. The molecule has 5 nitrogen and oxygen atoms in total. The Hall–Kier alpha value is -2.40. The molecule has 2 aromatic rings. The van der Waals surface area contributed by atoms with Crippen LogP contribution in [0.1, 0.15) is 21.6 Å². The Morgan fingerprint density at radius 3 is 2.60 bits per heavy atom. The van der Waals surface area contributed by atoms with Gasteiger partial charge in [-0.1, -0.05) is 18.2 Å². The first-order valence-corrected chi connectivity index (χ1v) is 8.88. The molecule has 1 aliphatic rings. The summed E-state index contributed by atoms with van der Waals surface area (Å²) in [5.41, 5.74) is 4.54. The van der Waals surface area contributed by atoms with Gasteiger partial charge in [-0.25, -0.2) is 0 Å². The summed E-state index contributed by atoms with van der Waals surface area (Å²) in [5, 5.41) is 2.95. The molecule has 1 saturated heterocycles. The van der Waals surface area contributed by atoms with Gasteiger partial charge in [-0.3, -0.25) is 14.7 Å². The molecule has 1 N–H and O–H groups in total. The Balaban J connectivity index is 1.44. The number of hydrogen-bond donors (Lipinski definition) is 1. The number of carbonyl (C=O) groups is 1. The van der Waals surface area contributed by atoms with Gasteiger partial charge in [-0.05, 0) is 43.2 Å². The molecule has 1 aliphatic heterocycles. The van der Waals surface area contributed by atoms with E-state index in [1.807, 2.05) is 12.1 Å². The number of rotatable bonds is 5. The van der Waals surface area contributed by atoms with Crippen LogP contribution >= 0.6 is 0 Å². The molecule has 0 saturated carbocycles. The van der Waals surface area contributed by atoms with E-state index in [1.165, 1.54) is 16.8 Å². The van der Waals surface area contributed by atoms with E-state index in [4.69, 9.17) is 0 Å². The highest BCUT2D eigenvalue weighted by Crippen LogP contribution is 2.23. The highest BCUT2D eigenvalue weighted by molar-refractivity contribution is 5.92. The monoisotopic (exact) mass is 338 g/mol. The highest BCUT2D eigenvalue weighted by Gasteiger charge is 2.18. The molecule has 1 aromatic heterocycles. The minimum atomic E-state index is -0.102. The fourth-order valence-electron chi connectivity index (χ4n) is 3.21. The van der Waals surface area contributed by atoms with Crippen LogP contribution in [0.2, 0.25) is 0 Å². The first-order valence-electron chi connectivity index (χ1n) is 8.88. The number of anilines is 1. The second-order valence-electron chi connectivity index (χ2n) is 6.52. The van der Waals surface area contributed by atoms with Crippen molar-refractivity contribution in [2.75, 3.05) is 44.2 Å². The summed E-state index contributed by atoms with van der Waals surface area (Å²) in [4.78, 5) is 20.9. The summed E-state index contributed by atoms with van der Waals surface area (Å²) in [6.45, 7) is 9.98. The van der Waals surface area contributed by atoms with Crippen molar-refractivity contribution >= 4 is 11.6 Å². The smallest absolute Gasteiger partial charge is 0.269 e. The van der Waals surface area contributed by atoms with Crippen LogP contribution in [0.25, 0.3) is 0 Å². The molecule has 2 heterocycles. The van der Waals surface area contributed by atoms with Crippen molar-refractivity contribution in [1.29, 1.82) is 0 Å². The summed E-state index contributed by atoms with van der Waals surface area (Å²) in [7, 11) is 0. The number of carbonyl (C=O) groups excluding carboxylic acids is 1. The van der Waals surface area contributed by atoms with Gasteiger partial charge in [-0.15, -0.1) is 0 Å². The normalized spacial score (nSPS) is 15.2. The zero-order chi connectivity index (χ0) is 17.6. The van der Waals surface area contributed by atoms with E-state index in [0.29, 0.717) is 12.2 Å². The van der Waals surface area contributed by atoms with Crippen molar-refractivity contribution in [2.45, 2.75) is 13.8 Å². The Morgan fingerprint density at radius 2 is 1.88 bits per heavy atom. The molecule has 132 valence electrons. The third-order valence-electron chi connectivity index (χ3n) is 4.90. The summed E-state index contributed by atoms with van der Waals surface area (Å²) < 4.78 is 0. The Bertz CT molecular complexity index is 709. The van der Waals surface area contributed by atoms with E-state index in [2.05, 4.69) is 52.1 Å². The van der Waals surface area contributed by atoms with E-state index in [0.717, 1.165) is 32.7 Å². The topological polar surface area (TPSA) is 48.5 Å². The minimum Gasteiger partial charge on any atom is -0.369 e. The average Bonchev–Trinajstić information content (AvgIpc) is 2.65. The van der Waals surface area contributed by atoms with Crippen molar-refractivity contribution in [3.8, 4) is 0 Å². The van der Waals surface area contributed by atoms with Crippen LogP contribution in [0.5, 0.6) is 0 Å². The number of nitrogens with one attached hydrogen (secondary N) is 1. The number of pyridine rings is 1. The molecule has 0 aliphatic carbocycles. The van der Waals surface area contributed by atoms with Crippen LogP contribution < -0.4 is 10.2 Å². The second-order valence-corrected chi connectivity index (χ2v) is 6.52. The molecule has 25 heavy (non-hydrogen) atoms. The lowest BCUT2D eigenvalue weighted by molar-refractivity contribution is 0.0943. The lowest BCUT2D eigenvalue weighted by Crippen LogP contribution is -2.48. The van der Waals surface area contributed by atoms with Crippen LogP contribution in [-0.4, -0.2) is 55.1 Å². The van der Waals surface area contributed by atoms with E-state index in [9.17, 15) is 4.79 Å². The number of benzene rings is 1. The number of aryl methyl sites for hydroxylation is 1. The molecule has 1 aromatic carbocycles. The van der Waals surface area contributed by atoms with Crippen molar-refractivity contribution in [2.24, 2.45) is 0 Å². The van der Waals surface area contributed by atoms with Gasteiger partial charge in [0.25, 0.3) is 5.91 Å². The first kappa shape index (κ1) is 17.4. The van der Waals surface area contributed by atoms with E-state index in [-0.39, 0.29) is 5.91 Å². The van der Waals surface area contributed by atoms with Gasteiger partial charge in [0.05, 0.1) is 0 Å². The number of piperazine rings is 1. The summed E-state index contributed by atoms with van der Waals surface area (Å²) >= 11 is 0. The number of nitrogens with zero attached hydrogens (tertiary/aromatic N) is 3. The van der Waals surface area contributed by atoms with Crippen LogP contribution in [0, 0.1) is 13.8 Å². The van der Waals surface area contributed by atoms with Gasteiger partial charge in [0.1, 0.15) is 5.69 Å². The maximum atomic E-state index is 12.0. The van der Waals surface area contributed by atoms with E-state index >= 15 is 0 Å². The molecule has 0 atom stereocenters. The number of hydrogen-bond acceptors (Lipinski definition) is 4. The van der Waals surface area contributed by atoms with Gasteiger partial charge in [0.2, 0.25) is 0 Å². The van der Waals surface area contributed by atoms with Gasteiger partial charge < -0.3 is 10.2 Å². The largest absolute Gasteiger partial charge is 0.369 e. The van der Waals surface area contributed by atoms with Crippen molar-refractivity contribution in [3.05, 3.63) is 59.4 Å². The number of aromatic nitrogens is 1. The number of amides is 1. The zero-order valence-electron chi connectivity index (χ0n) is 15.0. The lowest BCUT2D eigenvalue weighted by atomic mass is 10.1. The van der Waals surface area contributed by atoms with Crippen LogP contribution in [0.4, 0.5) is 5.69 Å². The standard InChI is InChI=1S/C20H26N4O/c1-16-6-5-8-19(17(16)2)24-14-12-23(13-15-24)11-10-22-20(25)18-7-3-4-9-21-18/h3-9H,10-15H2,1-2H3,(H,22,25). The SMILES string of the molecule is Cc1cccc(N2CCN(CCNC(=O)c3ccccn3)CC2)c1C. The Kier molecular flexibility index (Phi) is 5.66. The maximum absolute atomic E-state index is 12.0. The third kappa shape index (κ3) is 4.37. The van der Waals surface area contributed by atoms with Crippen molar-refractivity contribution < 1.29 is 4.79 Å². The molecule has 1 fully saturated rings. The fraction of sp³-hybridized carbons (Fsp3) is 0.400. The van der Waals surface area contributed by atoms with Gasteiger partial charge in [0.15, 0.2) is 0 Å². The molecule has 5 heteroatoms. The average molecular weight is 338 g/mol. The predicted molar refractivity (Wildman–Crippen MR) is 101 cm³/mol. The minimum absolute atomic E-state index is 0.102.